The third-order valence-electron chi connectivity index (χ3n) is 1.30. The van der Waals surface area contributed by atoms with Crippen LogP contribution in [0.5, 0.6) is 0 Å². The average Bonchev–Trinajstić information content (AvgIpc) is 2.02. The largest absolute Gasteiger partial charge is 0.480 e. The maximum absolute atomic E-state index is 10.9. The highest BCUT2D eigenvalue weighted by Crippen LogP contribution is 1.90. The van der Waals surface area contributed by atoms with Crippen molar-refractivity contribution in [3.8, 4) is 0 Å². The normalized spacial score (nSPS) is 14.1. The Morgan fingerprint density at radius 1 is 1.50 bits per heavy atom. The molecule has 0 rings (SSSR count). The van der Waals surface area contributed by atoms with Crippen LogP contribution in [0.3, 0.4) is 0 Å². The SMILES string of the molecule is [C-]#[N+][C@@H](C)C(=O)N[C@@H](C)C(=O)O. The average molecular weight is 170 g/mol. The van der Waals surface area contributed by atoms with Gasteiger partial charge in [0.25, 0.3) is 6.04 Å². The van der Waals surface area contributed by atoms with Gasteiger partial charge in [-0.2, -0.15) is 0 Å². The number of nitrogens with zero attached hydrogens (tertiary/aromatic N) is 1. The van der Waals surface area contributed by atoms with Crippen molar-refractivity contribution in [2.75, 3.05) is 0 Å². The summed E-state index contributed by atoms with van der Waals surface area (Å²) in [5.74, 6) is -1.67. The van der Waals surface area contributed by atoms with Gasteiger partial charge in [-0.3, -0.25) is 9.59 Å². The van der Waals surface area contributed by atoms with E-state index < -0.39 is 24.0 Å². The molecule has 2 N–H and O–H groups in total. The minimum Gasteiger partial charge on any atom is -0.480 e. The van der Waals surface area contributed by atoms with Gasteiger partial charge in [0.05, 0.1) is 0 Å². The first-order valence-corrected chi connectivity index (χ1v) is 3.38. The Morgan fingerprint density at radius 2 is 2.00 bits per heavy atom. The highest BCUT2D eigenvalue weighted by Gasteiger charge is 2.21. The van der Waals surface area contributed by atoms with Crippen LogP contribution in [0.1, 0.15) is 13.8 Å². The van der Waals surface area contributed by atoms with Crippen LogP contribution >= 0.6 is 0 Å². The molecule has 5 heteroatoms. The fourth-order valence-corrected chi connectivity index (χ4v) is 0.454. The number of hydrogen-bond acceptors (Lipinski definition) is 2. The molecule has 0 aliphatic carbocycles. The van der Waals surface area contributed by atoms with E-state index in [1.165, 1.54) is 13.8 Å². The molecular weight excluding hydrogens is 160 g/mol. The zero-order valence-corrected chi connectivity index (χ0v) is 6.87. The molecule has 0 saturated carbocycles. The number of carbonyl (C=O) groups excluding carboxylic acids is 1. The van der Waals surface area contributed by atoms with E-state index in [0.717, 1.165) is 0 Å². The summed E-state index contributed by atoms with van der Waals surface area (Å²) in [6, 6.07) is -1.77. The van der Waals surface area contributed by atoms with Crippen LogP contribution in [0, 0.1) is 6.57 Å². The minimum atomic E-state index is -1.11. The summed E-state index contributed by atoms with van der Waals surface area (Å²) in [6.07, 6.45) is 0. The molecule has 2 atom stereocenters. The Kier molecular flexibility index (Phi) is 3.77. The molecule has 0 bridgehead atoms. The minimum absolute atomic E-state index is 0.556. The van der Waals surface area contributed by atoms with Gasteiger partial charge in [-0.05, 0) is 6.92 Å². The molecular formula is C7H10N2O3. The summed E-state index contributed by atoms with van der Waals surface area (Å²) in [7, 11) is 0. The predicted octanol–water partition coefficient (Wildman–Crippen LogP) is -0.117. The number of carbonyl (C=O) groups is 2. The smallest absolute Gasteiger partial charge is 0.325 e. The lowest BCUT2D eigenvalue weighted by molar-refractivity contribution is -0.141. The molecule has 0 spiro atoms. The van der Waals surface area contributed by atoms with Gasteiger partial charge in [0, 0.05) is 6.92 Å². The van der Waals surface area contributed by atoms with Gasteiger partial charge >= 0.3 is 11.9 Å². The second kappa shape index (κ2) is 4.34. The molecule has 0 heterocycles. The molecule has 0 aromatic carbocycles. The molecule has 0 fully saturated rings. The van der Waals surface area contributed by atoms with Gasteiger partial charge in [0.2, 0.25) is 0 Å². The maximum Gasteiger partial charge on any atom is 0.325 e. The first-order valence-electron chi connectivity index (χ1n) is 3.38. The van der Waals surface area contributed by atoms with Gasteiger partial charge < -0.3 is 15.3 Å². The van der Waals surface area contributed by atoms with Crippen LogP contribution in [0.15, 0.2) is 0 Å². The molecule has 0 saturated heterocycles. The molecule has 12 heavy (non-hydrogen) atoms. The zero-order chi connectivity index (χ0) is 9.72. The van der Waals surface area contributed by atoms with Gasteiger partial charge in [-0.25, -0.2) is 6.57 Å². The summed E-state index contributed by atoms with van der Waals surface area (Å²) in [5, 5.41) is 10.6. The topological polar surface area (TPSA) is 70.8 Å². The summed E-state index contributed by atoms with van der Waals surface area (Å²) in [4.78, 5) is 24.1. The number of carboxylic acid groups (broad SMARTS) is 1. The van der Waals surface area contributed by atoms with Crippen molar-refractivity contribution < 1.29 is 14.7 Å². The predicted molar refractivity (Wildman–Crippen MR) is 41.3 cm³/mol. The zero-order valence-electron chi connectivity index (χ0n) is 6.87. The molecule has 0 aliphatic rings. The van der Waals surface area contributed by atoms with E-state index in [-0.39, 0.29) is 0 Å². The van der Waals surface area contributed by atoms with Crippen molar-refractivity contribution in [1.82, 2.24) is 5.32 Å². The maximum atomic E-state index is 10.9. The van der Waals surface area contributed by atoms with Gasteiger partial charge in [0.15, 0.2) is 0 Å². The quantitative estimate of drug-likeness (QED) is 0.580. The van der Waals surface area contributed by atoms with E-state index in [9.17, 15) is 9.59 Å². The molecule has 0 unspecified atom stereocenters. The number of amides is 1. The van der Waals surface area contributed by atoms with Crippen molar-refractivity contribution >= 4 is 11.9 Å². The standard InChI is InChI=1S/C7H10N2O3/c1-4(8-3)6(10)9-5(2)7(11)12/h4-5H,1-2H3,(H,9,10)(H,11,12)/t4-,5-/m0/s1. The Hall–Kier alpha value is -1.57. The van der Waals surface area contributed by atoms with Crippen molar-refractivity contribution in [1.29, 1.82) is 0 Å². The van der Waals surface area contributed by atoms with Crippen LogP contribution in [0.2, 0.25) is 0 Å². The van der Waals surface area contributed by atoms with Crippen LogP contribution in [-0.2, 0) is 9.59 Å². The van der Waals surface area contributed by atoms with E-state index in [1.54, 1.807) is 0 Å². The lowest BCUT2D eigenvalue weighted by Gasteiger charge is -2.07. The monoisotopic (exact) mass is 170 g/mol. The fourth-order valence-electron chi connectivity index (χ4n) is 0.454. The summed E-state index contributed by atoms with van der Waals surface area (Å²) in [5.41, 5.74) is 0. The molecule has 0 aliphatic heterocycles. The number of rotatable bonds is 3. The van der Waals surface area contributed by atoms with Crippen LogP contribution in [0.4, 0.5) is 0 Å². The Balaban J connectivity index is 4.03. The molecule has 66 valence electrons. The molecule has 0 radical (unpaired) electrons. The second-order valence-corrected chi connectivity index (χ2v) is 2.37. The van der Waals surface area contributed by atoms with Crippen molar-refractivity contribution in [2.24, 2.45) is 0 Å². The third kappa shape index (κ3) is 3.01. The van der Waals surface area contributed by atoms with E-state index in [2.05, 4.69) is 10.2 Å². The number of hydrogen-bond donors (Lipinski definition) is 2. The number of carboxylic acids is 1. The van der Waals surface area contributed by atoms with Crippen molar-refractivity contribution in [3.63, 3.8) is 0 Å². The lowest BCUT2D eigenvalue weighted by atomic mass is 10.3. The summed E-state index contributed by atoms with van der Waals surface area (Å²) in [6.45, 7) is 9.27. The first-order chi connectivity index (χ1) is 5.49. The highest BCUT2D eigenvalue weighted by molar-refractivity contribution is 5.87. The van der Waals surface area contributed by atoms with E-state index in [1.807, 2.05) is 0 Å². The molecule has 0 aromatic rings. The lowest BCUT2D eigenvalue weighted by Crippen LogP contribution is -2.41. The van der Waals surface area contributed by atoms with Crippen LogP contribution in [0.25, 0.3) is 4.85 Å². The van der Waals surface area contributed by atoms with E-state index in [4.69, 9.17) is 11.7 Å². The summed E-state index contributed by atoms with van der Waals surface area (Å²) >= 11 is 0. The third-order valence-corrected chi connectivity index (χ3v) is 1.30. The molecule has 5 nitrogen and oxygen atoms in total. The van der Waals surface area contributed by atoms with Crippen molar-refractivity contribution in [2.45, 2.75) is 25.9 Å². The number of aliphatic carboxylic acids is 1. The van der Waals surface area contributed by atoms with E-state index in [0.29, 0.717) is 0 Å². The summed E-state index contributed by atoms with van der Waals surface area (Å²) < 4.78 is 0. The number of nitrogens with one attached hydrogen (secondary N) is 1. The Bertz CT molecular complexity index is 231. The second-order valence-electron chi connectivity index (χ2n) is 2.37. The highest BCUT2D eigenvalue weighted by atomic mass is 16.4. The van der Waals surface area contributed by atoms with Gasteiger partial charge in [-0.1, -0.05) is 0 Å². The van der Waals surface area contributed by atoms with Crippen LogP contribution < -0.4 is 5.32 Å². The van der Waals surface area contributed by atoms with Gasteiger partial charge in [0.1, 0.15) is 6.04 Å². The Morgan fingerprint density at radius 3 is 2.33 bits per heavy atom. The van der Waals surface area contributed by atoms with Crippen LogP contribution in [-0.4, -0.2) is 29.1 Å². The van der Waals surface area contributed by atoms with Crippen molar-refractivity contribution in [3.05, 3.63) is 11.4 Å². The molecule has 0 aromatic heterocycles. The Labute approximate surface area is 70.2 Å². The fraction of sp³-hybridized carbons (Fsp3) is 0.571. The first kappa shape index (κ1) is 10.4. The molecule has 1 amide bonds. The van der Waals surface area contributed by atoms with E-state index >= 15 is 0 Å². The van der Waals surface area contributed by atoms with Gasteiger partial charge in [-0.15, -0.1) is 0 Å².